The molecule has 4 nitrogen and oxygen atoms in total. The molecule has 0 aromatic heterocycles. The van der Waals surface area contributed by atoms with Crippen LogP contribution in [0.25, 0.3) is 0 Å². The summed E-state index contributed by atoms with van der Waals surface area (Å²) < 4.78 is 0. The lowest BCUT2D eigenvalue weighted by Gasteiger charge is -2.27. The summed E-state index contributed by atoms with van der Waals surface area (Å²) in [6.07, 6.45) is 5.59. The van der Waals surface area contributed by atoms with E-state index in [2.05, 4.69) is 31.1 Å². The maximum absolute atomic E-state index is 12.5. The Bertz CT molecular complexity index is 431. The van der Waals surface area contributed by atoms with E-state index >= 15 is 0 Å². The van der Waals surface area contributed by atoms with Crippen molar-refractivity contribution in [3.63, 3.8) is 0 Å². The first-order chi connectivity index (χ1) is 9.86. The van der Waals surface area contributed by atoms with Gasteiger partial charge < -0.3 is 10.6 Å². The fraction of sp³-hybridized carbons (Fsp3) is 0.765. The highest BCUT2D eigenvalue weighted by atomic mass is 16.2. The van der Waals surface area contributed by atoms with Crippen LogP contribution in [-0.2, 0) is 9.59 Å². The lowest BCUT2D eigenvalue weighted by molar-refractivity contribution is -0.128. The quantitative estimate of drug-likeness (QED) is 0.739. The van der Waals surface area contributed by atoms with Gasteiger partial charge in [0.15, 0.2) is 0 Å². The third-order valence-corrected chi connectivity index (χ3v) is 4.78. The van der Waals surface area contributed by atoms with E-state index in [-0.39, 0.29) is 11.8 Å². The van der Waals surface area contributed by atoms with E-state index in [4.69, 9.17) is 0 Å². The molecule has 0 radical (unpaired) electrons. The van der Waals surface area contributed by atoms with E-state index in [0.29, 0.717) is 29.9 Å². The number of carbonyl (C=O) groups excluding carboxylic acids is 2. The van der Waals surface area contributed by atoms with Crippen LogP contribution in [0.5, 0.6) is 0 Å². The molecule has 0 spiro atoms. The molecule has 0 aliphatic heterocycles. The molecular formula is C17H28N2O2. The maximum atomic E-state index is 12.5. The topological polar surface area (TPSA) is 58.2 Å². The molecule has 4 atom stereocenters. The molecule has 2 fully saturated rings. The zero-order chi connectivity index (χ0) is 15.6. The molecule has 118 valence electrons. The van der Waals surface area contributed by atoms with Crippen molar-refractivity contribution in [3.05, 3.63) is 12.2 Å². The third-order valence-electron chi connectivity index (χ3n) is 4.78. The molecule has 2 aliphatic carbocycles. The standard InChI is InChI=1S/C17H28N2O2/c1-10(2)7-15(19-16(20)11(3)4)17(21)18-14-9-12-5-6-13(14)8-12/h10,12-15H,3,5-9H2,1-2,4H3,(H,18,21)(H,19,20). The third kappa shape index (κ3) is 4.08. The number of fused-ring (bicyclic) bond motifs is 2. The van der Waals surface area contributed by atoms with Crippen molar-refractivity contribution in [3.8, 4) is 0 Å². The molecule has 2 bridgehead atoms. The normalized spacial score (nSPS) is 28.5. The Labute approximate surface area is 127 Å². The van der Waals surface area contributed by atoms with E-state index in [9.17, 15) is 9.59 Å². The van der Waals surface area contributed by atoms with Gasteiger partial charge in [0.2, 0.25) is 11.8 Å². The van der Waals surface area contributed by atoms with Gasteiger partial charge in [-0.3, -0.25) is 9.59 Å². The van der Waals surface area contributed by atoms with Gasteiger partial charge >= 0.3 is 0 Å². The second-order valence-corrected chi connectivity index (χ2v) is 7.23. The maximum Gasteiger partial charge on any atom is 0.246 e. The number of rotatable bonds is 6. The van der Waals surface area contributed by atoms with Gasteiger partial charge in [0, 0.05) is 11.6 Å². The van der Waals surface area contributed by atoms with Crippen LogP contribution in [-0.4, -0.2) is 23.9 Å². The molecule has 21 heavy (non-hydrogen) atoms. The second kappa shape index (κ2) is 6.63. The van der Waals surface area contributed by atoms with Crippen molar-refractivity contribution in [2.24, 2.45) is 17.8 Å². The summed E-state index contributed by atoms with van der Waals surface area (Å²) in [6.45, 7) is 9.42. The lowest BCUT2D eigenvalue weighted by Crippen LogP contribution is -2.51. The number of hydrogen-bond acceptors (Lipinski definition) is 2. The molecule has 4 unspecified atom stereocenters. The van der Waals surface area contributed by atoms with Crippen LogP contribution in [0.3, 0.4) is 0 Å². The monoisotopic (exact) mass is 292 g/mol. The fourth-order valence-electron chi connectivity index (χ4n) is 3.69. The van der Waals surface area contributed by atoms with Crippen molar-refractivity contribution < 1.29 is 9.59 Å². The van der Waals surface area contributed by atoms with E-state index in [0.717, 1.165) is 12.3 Å². The molecule has 2 saturated carbocycles. The highest BCUT2D eigenvalue weighted by Crippen LogP contribution is 2.44. The van der Waals surface area contributed by atoms with E-state index in [1.165, 1.54) is 19.3 Å². The summed E-state index contributed by atoms with van der Waals surface area (Å²) in [5, 5.41) is 5.99. The lowest BCUT2D eigenvalue weighted by atomic mass is 9.94. The number of carbonyl (C=O) groups is 2. The summed E-state index contributed by atoms with van der Waals surface area (Å²) in [5.41, 5.74) is 0.441. The number of hydrogen-bond donors (Lipinski definition) is 2. The molecule has 2 aliphatic rings. The van der Waals surface area contributed by atoms with E-state index in [1.54, 1.807) is 6.92 Å². The van der Waals surface area contributed by atoms with Crippen LogP contribution in [0.15, 0.2) is 12.2 Å². The Kier molecular flexibility index (Phi) is 5.07. The Hall–Kier alpha value is -1.32. The first-order valence-corrected chi connectivity index (χ1v) is 8.13. The Balaban J connectivity index is 1.93. The summed E-state index contributed by atoms with van der Waals surface area (Å²) >= 11 is 0. The van der Waals surface area contributed by atoms with Gasteiger partial charge in [-0.25, -0.2) is 0 Å². The molecule has 0 aromatic carbocycles. The average molecular weight is 292 g/mol. The average Bonchev–Trinajstić information content (AvgIpc) is 2.99. The van der Waals surface area contributed by atoms with Gasteiger partial charge in [-0.2, -0.15) is 0 Å². The molecule has 4 heteroatoms. The van der Waals surface area contributed by atoms with Crippen LogP contribution in [0, 0.1) is 17.8 Å². The minimum atomic E-state index is -0.451. The number of nitrogens with one attached hydrogen (secondary N) is 2. The van der Waals surface area contributed by atoms with Gasteiger partial charge in [0.1, 0.15) is 6.04 Å². The molecular weight excluding hydrogens is 264 g/mol. The molecule has 2 N–H and O–H groups in total. The van der Waals surface area contributed by atoms with Crippen LogP contribution in [0.4, 0.5) is 0 Å². The molecule has 0 aromatic rings. The van der Waals surface area contributed by atoms with Crippen molar-refractivity contribution >= 4 is 11.8 Å². The molecule has 2 amide bonds. The second-order valence-electron chi connectivity index (χ2n) is 7.23. The van der Waals surface area contributed by atoms with Crippen LogP contribution in [0.2, 0.25) is 0 Å². The highest BCUT2D eigenvalue weighted by molar-refractivity contribution is 5.96. The van der Waals surface area contributed by atoms with E-state index in [1.807, 2.05) is 0 Å². The summed E-state index contributed by atoms with van der Waals surface area (Å²) in [7, 11) is 0. The van der Waals surface area contributed by atoms with E-state index < -0.39 is 6.04 Å². The van der Waals surface area contributed by atoms with Crippen molar-refractivity contribution in [2.75, 3.05) is 0 Å². The Morgan fingerprint density at radius 1 is 1.24 bits per heavy atom. The molecule has 0 heterocycles. The summed E-state index contributed by atoms with van der Waals surface area (Å²) in [5.74, 6) is 1.54. The largest absolute Gasteiger partial charge is 0.351 e. The SMILES string of the molecule is C=C(C)C(=O)NC(CC(C)C)C(=O)NC1CC2CCC1C2. The van der Waals surface area contributed by atoms with Crippen LogP contribution >= 0.6 is 0 Å². The van der Waals surface area contributed by atoms with Crippen molar-refractivity contribution in [1.82, 2.24) is 10.6 Å². The summed E-state index contributed by atoms with van der Waals surface area (Å²) in [4.78, 5) is 24.3. The highest BCUT2D eigenvalue weighted by Gasteiger charge is 2.40. The van der Waals surface area contributed by atoms with Crippen molar-refractivity contribution in [2.45, 2.75) is 65.0 Å². The molecule has 2 rings (SSSR count). The Morgan fingerprint density at radius 2 is 1.95 bits per heavy atom. The fourth-order valence-corrected chi connectivity index (χ4v) is 3.69. The number of amides is 2. The predicted molar refractivity (Wildman–Crippen MR) is 83.6 cm³/mol. The minimum absolute atomic E-state index is 0.0316. The van der Waals surface area contributed by atoms with Gasteiger partial charge in [0.05, 0.1) is 0 Å². The van der Waals surface area contributed by atoms with Crippen LogP contribution in [0.1, 0.15) is 52.9 Å². The zero-order valence-electron chi connectivity index (χ0n) is 13.4. The smallest absolute Gasteiger partial charge is 0.246 e. The first kappa shape index (κ1) is 16.1. The van der Waals surface area contributed by atoms with Gasteiger partial charge in [-0.15, -0.1) is 0 Å². The predicted octanol–water partition coefficient (Wildman–Crippen LogP) is 2.40. The van der Waals surface area contributed by atoms with Gasteiger partial charge in [-0.1, -0.05) is 26.8 Å². The van der Waals surface area contributed by atoms with Crippen LogP contribution < -0.4 is 10.6 Å². The summed E-state index contributed by atoms with van der Waals surface area (Å²) in [6, 6.07) is -0.138. The van der Waals surface area contributed by atoms with Gasteiger partial charge in [0.25, 0.3) is 0 Å². The van der Waals surface area contributed by atoms with Crippen molar-refractivity contribution in [1.29, 1.82) is 0 Å². The first-order valence-electron chi connectivity index (χ1n) is 8.13. The molecule has 0 saturated heterocycles. The van der Waals surface area contributed by atoms with Gasteiger partial charge in [-0.05, 0) is 50.4 Å². The zero-order valence-corrected chi connectivity index (χ0v) is 13.4. The Morgan fingerprint density at radius 3 is 2.43 bits per heavy atom. The minimum Gasteiger partial charge on any atom is -0.351 e.